The van der Waals surface area contributed by atoms with Gasteiger partial charge in [0.05, 0.1) is 0 Å². The molecule has 1 aliphatic rings. The van der Waals surface area contributed by atoms with Gasteiger partial charge >= 0.3 is 0 Å². The number of oxime groups is 1. The lowest BCUT2D eigenvalue weighted by molar-refractivity contribution is -0.128. The number of anilines is 1. The van der Waals surface area contributed by atoms with E-state index in [1.807, 2.05) is 31.2 Å². The fourth-order valence-corrected chi connectivity index (χ4v) is 2.48. The van der Waals surface area contributed by atoms with Gasteiger partial charge in [-0.15, -0.1) is 0 Å². The Labute approximate surface area is 112 Å². The Kier molecular flexibility index (Phi) is 3.46. The molecular weight excluding hydrogens is 242 g/mol. The Hall–Kier alpha value is -2.04. The van der Waals surface area contributed by atoms with Crippen LogP contribution in [0.2, 0.25) is 0 Å². The first-order valence-electron chi connectivity index (χ1n) is 6.34. The summed E-state index contributed by atoms with van der Waals surface area (Å²) in [6.07, 6.45) is 2.19. The van der Waals surface area contributed by atoms with Crippen molar-refractivity contribution >= 4 is 17.4 Å². The monoisotopic (exact) mass is 261 g/mol. The Bertz CT molecular complexity index is 521. The van der Waals surface area contributed by atoms with Crippen molar-refractivity contribution in [2.24, 2.45) is 16.3 Å². The molecule has 0 radical (unpaired) electrons. The third kappa shape index (κ3) is 2.16. The van der Waals surface area contributed by atoms with Crippen molar-refractivity contribution in [1.29, 1.82) is 0 Å². The number of carbonyl (C=O) groups is 1. The molecule has 1 aromatic rings. The smallest absolute Gasteiger partial charge is 0.240 e. The van der Waals surface area contributed by atoms with Crippen LogP contribution in [-0.4, -0.2) is 24.0 Å². The van der Waals surface area contributed by atoms with Gasteiger partial charge in [0, 0.05) is 12.7 Å². The number of aryl methyl sites for hydroxylation is 1. The predicted octanol–water partition coefficient (Wildman–Crippen LogP) is 1.87. The second-order valence-corrected chi connectivity index (χ2v) is 5.12. The minimum atomic E-state index is -0.826. The van der Waals surface area contributed by atoms with Crippen LogP contribution in [0.25, 0.3) is 0 Å². The highest BCUT2D eigenvalue weighted by molar-refractivity contribution is 6.13. The van der Waals surface area contributed by atoms with Crippen LogP contribution >= 0.6 is 0 Å². The SMILES string of the molecule is Cc1cccc(N(C)C(=O)C2(/C(N)=N/O)CCC2)c1. The van der Waals surface area contributed by atoms with E-state index >= 15 is 0 Å². The van der Waals surface area contributed by atoms with Crippen molar-refractivity contribution in [3.63, 3.8) is 0 Å². The van der Waals surface area contributed by atoms with Gasteiger partial charge in [0.1, 0.15) is 5.41 Å². The molecule has 1 aliphatic carbocycles. The molecule has 0 aliphatic heterocycles. The molecule has 1 fully saturated rings. The zero-order valence-electron chi connectivity index (χ0n) is 11.3. The molecular formula is C14H19N3O2. The standard InChI is InChI=1S/C14H19N3O2/c1-10-5-3-6-11(9-10)17(2)13(18)14(7-4-8-14)12(15)16-19/h3,5-6,9,19H,4,7-8H2,1-2H3,(H2,15,16). The van der Waals surface area contributed by atoms with Crippen LogP contribution in [0.5, 0.6) is 0 Å². The van der Waals surface area contributed by atoms with Gasteiger partial charge in [-0.3, -0.25) is 4.79 Å². The van der Waals surface area contributed by atoms with Gasteiger partial charge in [-0.25, -0.2) is 0 Å². The Balaban J connectivity index is 2.28. The summed E-state index contributed by atoms with van der Waals surface area (Å²) in [5.41, 5.74) is 6.79. The van der Waals surface area contributed by atoms with Crippen LogP contribution in [-0.2, 0) is 4.79 Å². The third-order valence-electron chi connectivity index (χ3n) is 3.91. The van der Waals surface area contributed by atoms with Crippen LogP contribution in [0.3, 0.4) is 0 Å². The molecule has 0 atom stereocenters. The highest BCUT2D eigenvalue weighted by Gasteiger charge is 2.49. The molecule has 2 rings (SSSR count). The van der Waals surface area contributed by atoms with Crippen molar-refractivity contribution in [3.8, 4) is 0 Å². The van der Waals surface area contributed by atoms with Gasteiger partial charge in [0.2, 0.25) is 5.91 Å². The maximum Gasteiger partial charge on any atom is 0.240 e. The van der Waals surface area contributed by atoms with E-state index in [0.29, 0.717) is 12.8 Å². The summed E-state index contributed by atoms with van der Waals surface area (Å²) in [5.74, 6) is -0.0945. The summed E-state index contributed by atoms with van der Waals surface area (Å²) in [7, 11) is 1.72. The zero-order chi connectivity index (χ0) is 14.0. The van der Waals surface area contributed by atoms with Gasteiger partial charge in [-0.05, 0) is 37.5 Å². The summed E-state index contributed by atoms with van der Waals surface area (Å²) in [6.45, 7) is 1.98. The van der Waals surface area contributed by atoms with Crippen LogP contribution in [0.15, 0.2) is 29.4 Å². The van der Waals surface area contributed by atoms with Crippen molar-refractivity contribution in [2.45, 2.75) is 26.2 Å². The summed E-state index contributed by atoms with van der Waals surface area (Å²) in [6, 6.07) is 7.70. The quantitative estimate of drug-likeness (QED) is 0.377. The number of nitrogens with two attached hydrogens (primary N) is 1. The van der Waals surface area contributed by atoms with E-state index in [4.69, 9.17) is 10.9 Å². The van der Waals surface area contributed by atoms with Gasteiger partial charge in [0.25, 0.3) is 0 Å². The summed E-state index contributed by atoms with van der Waals surface area (Å²) >= 11 is 0. The minimum Gasteiger partial charge on any atom is -0.409 e. The molecule has 5 heteroatoms. The van der Waals surface area contributed by atoms with Crippen molar-refractivity contribution in [3.05, 3.63) is 29.8 Å². The minimum absolute atomic E-state index is 0.0169. The van der Waals surface area contributed by atoms with E-state index in [2.05, 4.69) is 5.16 Å². The average Bonchev–Trinajstić information content (AvgIpc) is 2.36. The van der Waals surface area contributed by atoms with Crippen molar-refractivity contribution in [2.75, 3.05) is 11.9 Å². The second-order valence-electron chi connectivity index (χ2n) is 5.12. The number of benzene rings is 1. The number of rotatable bonds is 3. The first kappa shape index (κ1) is 13.4. The van der Waals surface area contributed by atoms with E-state index in [1.165, 1.54) is 0 Å². The molecule has 1 saturated carbocycles. The fourth-order valence-electron chi connectivity index (χ4n) is 2.48. The Morgan fingerprint density at radius 2 is 2.16 bits per heavy atom. The van der Waals surface area contributed by atoms with Gasteiger partial charge in [-0.1, -0.05) is 23.7 Å². The first-order chi connectivity index (χ1) is 9.01. The Morgan fingerprint density at radius 1 is 1.47 bits per heavy atom. The highest BCUT2D eigenvalue weighted by atomic mass is 16.4. The number of hydrogen-bond acceptors (Lipinski definition) is 3. The molecule has 0 heterocycles. The van der Waals surface area contributed by atoms with Crippen LogP contribution in [0, 0.1) is 12.3 Å². The number of carbonyl (C=O) groups excluding carboxylic acids is 1. The number of nitrogens with zero attached hydrogens (tertiary/aromatic N) is 2. The lowest BCUT2D eigenvalue weighted by Crippen LogP contribution is -2.54. The van der Waals surface area contributed by atoms with Crippen LogP contribution in [0.4, 0.5) is 5.69 Å². The van der Waals surface area contributed by atoms with Gasteiger partial charge in [-0.2, -0.15) is 0 Å². The lowest BCUT2D eigenvalue weighted by atomic mass is 9.67. The molecule has 5 nitrogen and oxygen atoms in total. The number of hydrogen-bond donors (Lipinski definition) is 2. The molecule has 0 saturated heterocycles. The Morgan fingerprint density at radius 3 is 2.63 bits per heavy atom. The molecule has 0 spiro atoms. The lowest BCUT2D eigenvalue weighted by Gasteiger charge is -2.41. The van der Waals surface area contributed by atoms with E-state index < -0.39 is 5.41 Å². The molecule has 19 heavy (non-hydrogen) atoms. The molecule has 0 bridgehead atoms. The molecule has 1 amide bonds. The maximum atomic E-state index is 12.6. The average molecular weight is 261 g/mol. The van der Waals surface area contributed by atoms with Crippen LogP contribution < -0.4 is 10.6 Å². The molecule has 102 valence electrons. The zero-order valence-corrected chi connectivity index (χ0v) is 11.3. The van der Waals surface area contributed by atoms with Crippen LogP contribution in [0.1, 0.15) is 24.8 Å². The van der Waals surface area contributed by atoms with E-state index in [0.717, 1.165) is 17.7 Å². The third-order valence-corrected chi connectivity index (χ3v) is 3.91. The highest BCUT2D eigenvalue weighted by Crippen LogP contribution is 2.43. The molecule has 0 aromatic heterocycles. The van der Waals surface area contributed by atoms with E-state index in [9.17, 15) is 4.79 Å². The number of amides is 1. The van der Waals surface area contributed by atoms with E-state index in [1.54, 1.807) is 11.9 Å². The van der Waals surface area contributed by atoms with E-state index in [-0.39, 0.29) is 11.7 Å². The molecule has 1 aromatic carbocycles. The first-order valence-corrected chi connectivity index (χ1v) is 6.34. The second kappa shape index (κ2) is 4.91. The largest absolute Gasteiger partial charge is 0.409 e. The van der Waals surface area contributed by atoms with Gasteiger partial charge < -0.3 is 15.8 Å². The molecule has 0 unspecified atom stereocenters. The van der Waals surface area contributed by atoms with Crippen molar-refractivity contribution < 1.29 is 10.0 Å². The summed E-state index contributed by atoms with van der Waals surface area (Å²) < 4.78 is 0. The predicted molar refractivity (Wildman–Crippen MR) is 74.3 cm³/mol. The van der Waals surface area contributed by atoms with Crippen molar-refractivity contribution in [1.82, 2.24) is 0 Å². The van der Waals surface area contributed by atoms with Gasteiger partial charge in [0.15, 0.2) is 5.84 Å². The fraction of sp³-hybridized carbons (Fsp3) is 0.429. The molecule has 3 N–H and O–H groups in total. The topological polar surface area (TPSA) is 78.9 Å². The summed E-state index contributed by atoms with van der Waals surface area (Å²) in [4.78, 5) is 14.2. The normalized spacial score (nSPS) is 17.7. The number of amidine groups is 1. The summed E-state index contributed by atoms with van der Waals surface area (Å²) in [5, 5.41) is 11.9. The maximum absolute atomic E-state index is 12.6.